The van der Waals surface area contributed by atoms with E-state index in [0.29, 0.717) is 17.9 Å². The molecule has 0 radical (unpaired) electrons. The van der Waals surface area contributed by atoms with Gasteiger partial charge < -0.3 is 9.47 Å². The van der Waals surface area contributed by atoms with Crippen molar-refractivity contribution in [3.63, 3.8) is 0 Å². The summed E-state index contributed by atoms with van der Waals surface area (Å²) >= 11 is 0. The quantitative estimate of drug-likeness (QED) is 0.797. The van der Waals surface area contributed by atoms with Crippen LogP contribution in [-0.4, -0.2) is 25.0 Å². The van der Waals surface area contributed by atoms with Crippen LogP contribution in [0.25, 0.3) is 0 Å². The number of ether oxygens (including phenoxy) is 2. The standard InChI is InChI=1S/C18H20N2O4/c1-3-23-14-8-10-15(11-9-14)24-12-17(21)19-20-18(22)16-7-5-4-6-13(16)2/h4-11H,3,12H2,1-2H3,(H,19,21)(H,20,22). The number of hydrogen-bond acceptors (Lipinski definition) is 4. The monoisotopic (exact) mass is 328 g/mol. The third kappa shape index (κ3) is 5.01. The van der Waals surface area contributed by atoms with E-state index in [1.165, 1.54) is 0 Å². The smallest absolute Gasteiger partial charge is 0.276 e. The van der Waals surface area contributed by atoms with Crippen molar-refractivity contribution in [1.29, 1.82) is 0 Å². The number of rotatable bonds is 6. The summed E-state index contributed by atoms with van der Waals surface area (Å²) in [7, 11) is 0. The Morgan fingerprint density at radius 3 is 2.17 bits per heavy atom. The molecule has 2 amide bonds. The largest absolute Gasteiger partial charge is 0.494 e. The van der Waals surface area contributed by atoms with Gasteiger partial charge in [-0.15, -0.1) is 0 Å². The van der Waals surface area contributed by atoms with E-state index in [4.69, 9.17) is 9.47 Å². The minimum atomic E-state index is -0.453. The van der Waals surface area contributed by atoms with Crippen molar-refractivity contribution < 1.29 is 19.1 Å². The lowest BCUT2D eigenvalue weighted by atomic mass is 10.1. The summed E-state index contributed by atoms with van der Waals surface area (Å²) in [6.45, 7) is 4.11. The molecule has 0 bridgehead atoms. The van der Waals surface area contributed by atoms with Gasteiger partial charge in [0, 0.05) is 5.56 Å². The maximum atomic E-state index is 12.0. The summed E-state index contributed by atoms with van der Waals surface area (Å²) in [4.78, 5) is 23.7. The van der Waals surface area contributed by atoms with Crippen molar-refractivity contribution >= 4 is 11.8 Å². The molecule has 0 aliphatic rings. The first-order chi connectivity index (χ1) is 11.6. The van der Waals surface area contributed by atoms with Crippen LogP contribution < -0.4 is 20.3 Å². The fourth-order valence-corrected chi connectivity index (χ4v) is 2.01. The average Bonchev–Trinajstić information content (AvgIpc) is 2.60. The third-order valence-electron chi connectivity index (χ3n) is 3.21. The second-order valence-corrected chi connectivity index (χ2v) is 5.01. The Kier molecular flexibility index (Phi) is 6.19. The molecule has 0 aliphatic heterocycles. The Hall–Kier alpha value is -3.02. The Morgan fingerprint density at radius 2 is 1.54 bits per heavy atom. The van der Waals surface area contributed by atoms with E-state index in [0.717, 1.165) is 11.3 Å². The lowest BCUT2D eigenvalue weighted by Crippen LogP contribution is -2.44. The van der Waals surface area contributed by atoms with Crippen LogP contribution in [0.15, 0.2) is 48.5 Å². The molecule has 24 heavy (non-hydrogen) atoms. The van der Waals surface area contributed by atoms with E-state index < -0.39 is 5.91 Å². The van der Waals surface area contributed by atoms with Crippen LogP contribution in [0.2, 0.25) is 0 Å². The maximum absolute atomic E-state index is 12.0. The summed E-state index contributed by atoms with van der Waals surface area (Å²) < 4.78 is 10.7. The molecule has 0 atom stereocenters. The van der Waals surface area contributed by atoms with Gasteiger partial charge in [0.25, 0.3) is 11.8 Å². The highest BCUT2D eigenvalue weighted by molar-refractivity contribution is 5.96. The number of benzene rings is 2. The summed E-state index contributed by atoms with van der Waals surface area (Å²) in [5, 5.41) is 0. The van der Waals surface area contributed by atoms with Gasteiger partial charge in [0.2, 0.25) is 0 Å². The normalized spacial score (nSPS) is 9.92. The first kappa shape index (κ1) is 17.3. The predicted molar refractivity (Wildman–Crippen MR) is 89.9 cm³/mol. The molecule has 2 rings (SSSR count). The number of hydrogen-bond donors (Lipinski definition) is 2. The molecular formula is C18H20N2O4. The van der Waals surface area contributed by atoms with Gasteiger partial charge in [-0.3, -0.25) is 20.4 Å². The molecule has 2 aromatic carbocycles. The molecule has 0 saturated carbocycles. The molecule has 2 N–H and O–H groups in total. The van der Waals surface area contributed by atoms with Crippen LogP contribution in [-0.2, 0) is 4.79 Å². The molecule has 126 valence electrons. The van der Waals surface area contributed by atoms with Crippen LogP contribution in [0.1, 0.15) is 22.8 Å². The zero-order chi connectivity index (χ0) is 17.4. The molecule has 2 aromatic rings. The van der Waals surface area contributed by atoms with E-state index in [1.54, 1.807) is 36.4 Å². The number of carbonyl (C=O) groups excluding carboxylic acids is 2. The van der Waals surface area contributed by atoms with E-state index in [2.05, 4.69) is 10.9 Å². The van der Waals surface area contributed by atoms with Crippen molar-refractivity contribution in [2.75, 3.05) is 13.2 Å². The summed E-state index contributed by atoms with van der Waals surface area (Å²) in [6.07, 6.45) is 0. The number of carbonyl (C=O) groups is 2. The Bertz CT molecular complexity index is 698. The minimum absolute atomic E-state index is 0.206. The van der Waals surface area contributed by atoms with E-state index >= 15 is 0 Å². The van der Waals surface area contributed by atoms with Crippen LogP contribution in [0.5, 0.6) is 11.5 Å². The van der Waals surface area contributed by atoms with Gasteiger partial charge in [0.15, 0.2) is 6.61 Å². The summed E-state index contributed by atoms with van der Waals surface area (Å²) in [5.74, 6) is 0.451. The highest BCUT2D eigenvalue weighted by Gasteiger charge is 2.09. The molecule has 6 heteroatoms. The Labute approximate surface area is 140 Å². The lowest BCUT2D eigenvalue weighted by molar-refractivity contribution is -0.123. The molecule has 0 unspecified atom stereocenters. The fourth-order valence-electron chi connectivity index (χ4n) is 2.01. The third-order valence-corrected chi connectivity index (χ3v) is 3.21. The van der Waals surface area contributed by atoms with Crippen LogP contribution in [0.4, 0.5) is 0 Å². The highest BCUT2D eigenvalue weighted by atomic mass is 16.5. The SMILES string of the molecule is CCOc1ccc(OCC(=O)NNC(=O)c2ccccc2C)cc1. The maximum Gasteiger partial charge on any atom is 0.276 e. The Balaban J connectivity index is 1.77. The van der Waals surface area contributed by atoms with Gasteiger partial charge in [-0.2, -0.15) is 0 Å². The number of amides is 2. The van der Waals surface area contributed by atoms with E-state index in [1.807, 2.05) is 26.0 Å². The Morgan fingerprint density at radius 1 is 0.917 bits per heavy atom. The van der Waals surface area contributed by atoms with E-state index in [9.17, 15) is 9.59 Å². The predicted octanol–water partition coefficient (Wildman–Crippen LogP) is 2.23. The minimum Gasteiger partial charge on any atom is -0.494 e. The van der Waals surface area contributed by atoms with Gasteiger partial charge in [0.05, 0.1) is 6.61 Å². The molecule has 0 heterocycles. The van der Waals surface area contributed by atoms with Crippen LogP contribution in [0.3, 0.4) is 0 Å². The van der Waals surface area contributed by atoms with Crippen molar-refractivity contribution in [2.24, 2.45) is 0 Å². The van der Waals surface area contributed by atoms with Crippen molar-refractivity contribution in [1.82, 2.24) is 10.9 Å². The summed E-state index contributed by atoms with van der Waals surface area (Å²) in [5.41, 5.74) is 6.02. The lowest BCUT2D eigenvalue weighted by Gasteiger charge is -2.10. The molecule has 0 spiro atoms. The second-order valence-electron chi connectivity index (χ2n) is 5.01. The number of aryl methyl sites for hydroxylation is 1. The fraction of sp³-hybridized carbons (Fsp3) is 0.222. The first-order valence-corrected chi connectivity index (χ1v) is 7.60. The molecule has 6 nitrogen and oxygen atoms in total. The van der Waals surface area contributed by atoms with Crippen LogP contribution >= 0.6 is 0 Å². The summed E-state index contributed by atoms with van der Waals surface area (Å²) in [6, 6.07) is 14.1. The van der Waals surface area contributed by atoms with Gasteiger partial charge in [-0.1, -0.05) is 18.2 Å². The van der Waals surface area contributed by atoms with Crippen molar-refractivity contribution in [3.05, 3.63) is 59.7 Å². The first-order valence-electron chi connectivity index (χ1n) is 7.60. The van der Waals surface area contributed by atoms with Gasteiger partial charge in [-0.05, 0) is 49.7 Å². The second kappa shape index (κ2) is 8.57. The van der Waals surface area contributed by atoms with Crippen molar-refractivity contribution in [3.8, 4) is 11.5 Å². The topological polar surface area (TPSA) is 76.7 Å². The van der Waals surface area contributed by atoms with Gasteiger partial charge in [0.1, 0.15) is 11.5 Å². The average molecular weight is 328 g/mol. The molecule has 0 aromatic heterocycles. The van der Waals surface area contributed by atoms with Gasteiger partial charge in [-0.25, -0.2) is 0 Å². The molecule has 0 fully saturated rings. The number of nitrogens with one attached hydrogen (secondary N) is 2. The molecule has 0 saturated heterocycles. The zero-order valence-electron chi connectivity index (χ0n) is 13.7. The van der Waals surface area contributed by atoms with Crippen LogP contribution in [0, 0.1) is 6.92 Å². The molecular weight excluding hydrogens is 308 g/mol. The van der Waals surface area contributed by atoms with Crippen molar-refractivity contribution in [2.45, 2.75) is 13.8 Å². The number of hydrazine groups is 1. The van der Waals surface area contributed by atoms with Gasteiger partial charge >= 0.3 is 0 Å². The highest BCUT2D eigenvalue weighted by Crippen LogP contribution is 2.17. The zero-order valence-corrected chi connectivity index (χ0v) is 13.7. The molecule has 0 aliphatic carbocycles. The van der Waals surface area contributed by atoms with E-state index in [-0.39, 0.29) is 12.5 Å².